The largest absolute Gasteiger partial charge is 0.480 e. The van der Waals surface area contributed by atoms with Crippen molar-refractivity contribution in [1.29, 1.82) is 0 Å². The zero-order valence-electron chi connectivity index (χ0n) is 14.4. The first-order valence-electron chi connectivity index (χ1n) is 8.18. The minimum Gasteiger partial charge on any atom is -0.480 e. The molecule has 138 valence electrons. The second-order valence-corrected chi connectivity index (χ2v) is 6.69. The summed E-state index contributed by atoms with van der Waals surface area (Å²) >= 11 is 5.88. The number of rotatable bonds is 6. The quantitative estimate of drug-likeness (QED) is 0.799. The first-order chi connectivity index (χ1) is 11.8. The average Bonchev–Trinajstić information content (AvgIpc) is 2.54. The average molecular weight is 370 g/mol. The van der Waals surface area contributed by atoms with Gasteiger partial charge < -0.3 is 20.1 Å². The Morgan fingerprint density at radius 1 is 1.44 bits per heavy atom. The van der Waals surface area contributed by atoms with Gasteiger partial charge in [0, 0.05) is 24.7 Å². The Morgan fingerprint density at radius 2 is 2.12 bits per heavy atom. The van der Waals surface area contributed by atoms with Crippen LogP contribution in [0.4, 0.5) is 4.79 Å². The Morgan fingerprint density at radius 3 is 2.76 bits per heavy atom. The molecule has 2 atom stereocenters. The normalized spacial score (nSPS) is 18.9. The van der Waals surface area contributed by atoms with Crippen molar-refractivity contribution in [3.8, 4) is 0 Å². The van der Waals surface area contributed by atoms with Gasteiger partial charge in [-0.2, -0.15) is 0 Å². The number of nitrogens with one attached hydrogen (secondary N) is 1. The van der Waals surface area contributed by atoms with Crippen LogP contribution in [-0.2, 0) is 9.53 Å². The van der Waals surface area contributed by atoms with E-state index in [0.29, 0.717) is 31.3 Å². The maximum absolute atomic E-state index is 12.5. The number of morpholine rings is 1. The number of carboxylic acids is 1. The number of carbonyl (C=O) groups is 2. The number of hydrogen-bond donors (Lipinski definition) is 2. The maximum Gasteiger partial charge on any atom is 0.318 e. The molecule has 0 bridgehead atoms. The highest BCUT2D eigenvalue weighted by atomic mass is 35.5. The molecule has 0 saturated carbocycles. The number of likely N-dealkylation sites (N-methyl/N-ethyl adjacent to an activating group) is 1. The van der Waals surface area contributed by atoms with Crippen molar-refractivity contribution in [2.45, 2.75) is 19.1 Å². The fourth-order valence-electron chi connectivity index (χ4n) is 2.77. The lowest BCUT2D eigenvalue weighted by atomic mass is 10.1. The predicted molar refractivity (Wildman–Crippen MR) is 94.8 cm³/mol. The molecule has 1 saturated heterocycles. The molecule has 2 amide bonds. The zero-order valence-corrected chi connectivity index (χ0v) is 15.2. The van der Waals surface area contributed by atoms with Crippen LogP contribution in [0.3, 0.4) is 0 Å². The summed E-state index contributed by atoms with van der Waals surface area (Å²) < 4.78 is 5.64. The van der Waals surface area contributed by atoms with E-state index in [-0.39, 0.29) is 24.7 Å². The number of carboxylic acid groups (broad SMARTS) is 1. The second kappa shape index (κ2) is 9.03. The summed E-state index contributed by atoms with van der Waals surface area (Å²) in [6.07, 6.45) is -0.199. The number of aliphatic carboxylic acids is 1. The van der Waals surface area contributed by atoms with Gasteiger partial charge in [0.15, 0.2) is 0 Å². The van der Waals surface area contributed by atoms with Crippen LogP contribution >= 0.6 is 11.6 Å². The third-order valence-corrected chi connectivity index (χ3v) is 4.31. The van der Waals surface area contributed by atoms with Crippen LogP contribution in [0.2, 0.25) is 5.02 Å². The Balaban J connectivity index is 1.86. The van der Waals surface area contributed by atoms with E-state index in [4.69, 9.17) is 21.4 Å². The molecule has 1 unspecified atom stereocenters. The van der Waals surface area contributed by atoms with Gasteiger partial charge in [0.1, 0.15) is 0 Å². The number of carbonyl (C=O) groups excluding carboxylic acids is 1. The van der Waals surface area contributed by atoms with Gasteiger partial charge in [-0.15, -0.1) is 0 Å². The van der Waals surface area contributed by atoms with Crippen molar-refractivity contribution < 1.29 is 19.4 Å². The van der Waals surface area contributed by atoms with Gasteiger partial charge in [0.05, 0.1) is 25.3 Å². The van der Waals surface area contributed by atoms with E-state index < -0.39 is 5.97 Å². The van der Waals surface area contributed by atoms with Gasteiger partial charge in [-0.1, -0.05) is 23.7 Å². The molecule has 1 aliphatic heterocycles. The van der Waals surface area contributed by atoms with Crippen molar-refractivity contribution in [1.82, 2.24) is 15.1 Å². The molecule has 7 nitrogen and oxygen atoms in total. The highest BCUT2D eigenvalue weighted by molar-refractivity contribution is 6.30. The molecule has 2 N–H and O–H groups in total. The number of ether oxygens (including phenoxy) is 1. The van der Waals surface area contributed by atoms with Crippen molar-refractivity contribution in [2.24, 2.45) is 0 Å². The molecule has 0 radical (unpaired) electrons. The number of benzene rings is 1. The van der Waals surface area contributed by atoms with Gasteiger partial charge in [-0.05, 0) is 31.7 Å². The monoisotopic (exact) mass is 369 g/mol. The van der Waals surface area contributed by atoms with Crippen molar-refractivity contribution in [2.75, 3.05) is 39.8 Å². The van der Waals surface area contributed by atoms with Gasteiger partial charge in [0.2, 0.25) is 0 Å². The van der Waals surface area contributed by atoms with E-state index in [2.05, 4.69) is 5.32 Å². The predicted octanol–water partition coefficient (Wildman–Crippen LogP) is 1.83. The first kappa shape index (κ1) is 19.5. The fourth-order valence-corrected chi connectivity index (χ4v) is 2.89. The molecule has 1 heterocycles. The number of hydrogen-bond acceptors (Lipinski definition) is 4. The maximum atomic E-state index is 12.5. The van der Waals surface area contributed by atoms with E-state index in [9.17, 15) is 9.59 Å². The third kappa shape index (κ3) is 6.19. The minimum atomic E-state index is -0.885. The van der Waals surface area contributed by atoms with Gasteiger partial charge in [-0.3, -0.25) is 9.69 Å². The standard InChI is InChI=1S/C17H24ClN3O4/c1-12(13-3-5-14(18)6-4-13)19-17(24)21-7-8-25-15(10-21)9-20(2)11-16(22)23/h3-6,12,15H,7-11H2,1-2H3,(H,19,24)(H,22,23)/t12-,15?/m1/s1. The van der Waals surface area contributed by atoms with Crippen LogP contribution in [0, 0.1) is 0 Å². The number of halogens is 1. The van der Waals surface area contributed by atoms with E-state index in [1.165, 1.54) is 0 Å². The van der Waals surface area contributed by atoms with E-state index in [1.54, 1.807) is 29.0 Å². The molecule has 2 rings (SSSR count). The van der Waals surface area contributed by atoms with Crippen LogP contribution in [0.1, 0.15) is 18.5 Å². The lowest BCUT2D eigenvalue weighted by molar-refractivity contribution is -0.138. The summed E-state index contributed by atoms with van der Waals surface area (Å²) in [6, 6.07) is 7.06. The van der Waals surface area contributed by atoms with Crippen LogP contribution in [0.5, 0.6) is 0 Å². The topological polar surface area (TPSA) is 82.1 Å². The minimum absolute atomic E-state index is 0.0559. The Hall–Kier alpha value is -1.83. The number of nitrogens with zero attached hydrogens (tertiary/aromatic N) is 2. The van der Waals surface area contributed by atoms with Crippen molar-refractivity contribution in [3.05, 3.63) is 34.9 Å². The molecule has 1 fully saturated rings. The smallest absolute Gasteiger partial charge is 0.318 e. The summed E-state index contributed by atoms with van der Waals surface area (Å²) in [7, 11) is 1.72. The molecule has 0 aliphatic carbocycles. The Labute approximate surface area is 152 Å². The summed E-state index contributed by atoms with van der Waals surface area (Å²) in [5.74, 6) is -0.885. The third-order valence-electron chi connectivity index (χ3n) is 4.06. The number of urea groups is 1. The Bertz CT molecular complexity index is 596. The zero-order chi connectivity index (χ0) is 18.4. The first-order valence-corrected chi connectivity index (χ1v) is 8.56. The Kier molecular flexibility index (Phi) is 7.04. The molecule has 1 aromatic carbocycles. The molecule has 0 aromatic heterocycles. The van der Waals surface area contributed by atoms with Gasteiger partial charge >= 0.3 is 12.0 Å². The molecule has 0 spiro atoms. The van der Waals surface area contributed by atoms with Gasteiger partial charge in [0.25, 0.3) is 0 Å². The lowest BCUT2D eigenvalue weighted by Crippen LogP contribution is -2.52. The SMILES string of the molecule is C[C@@H](NC(=O)N1CCOC(CN(C)CC(=O)O)C1)c1ccc(Cl)cc1. The summed E-state index contributed by atoms with van der Waals surface area (Å²) in [4.78, 5) is 26.6. The van der Waals surface area contributed by atoms with E-state index in [1.807, 2.05) is 19.1 Å². The highest BCUT2D eigenvalue weighted by Crippen LogP contribution is 2.17. The van der Waals surface area contributed by atoms with Crippen molar-refractivity contribution in [3.63, 3.8) is 0 Å². The molecule has 1 aliphatic rings. The molecular formula is C17H24ClN3O4. The van der Waals surface area contributed by atoms with E-state index >= 15 is 0 Å². The molecule has 1 aromatic rings. The molecular weight excluding hydrogens is 346 g/mol. The number of amides is 2. The summed E-state index contributed by atoms with van der Waals surface area (Å²) in [5.41, 5.74) is 0.976. The van der Waals surface area contributed by atoms with E-state index in [0.717, 1.165) is 5.56 Å². The molecule has 25 heavy (non-hydrogen) atoms. The summed E-state index contributed by atoms with van der Waals surface area (Å²) in [6.45, 7) is 3.71. The lowest BCUT2D eigenvalue weighted by Gasteiger charge is -2.35. The van der Waals surface area contributed by atoms with Crippen LogP contribution in [0.15, 0.2) is 24.3 Å². The van der Waals surface area contributed by atoms with Crippen molar-refractivity contribution >= 4 is 23.6 Å². The summed E-state index contributed by atoms with van der Waals surface area (Å²) in [5, 5.41) is 12.4. The van der Waals surface area contributed by atoms with Gasteiger partial charge in [-0.25, -0.2) is 4.79 Å². The van der Waals surface area contributed by atoms with Crippen LogP contribution in [0.25, 0.3) is 0 Å². The van der Waals surface area contributed by atoms with Crippen LogP contribution < -0.4 is 5.32 Å². The fraction of sp³-hybridized carbons (Fsp3) is 0.529. The highest BCUT2D eigenvalue weighted by Gasteiger charge is 2.26. The molecule has 8 heteroatoms. The van der Waals surface area contributed by atoms with Crippen LogP contribution in [-0.4, -0.2) is 72.8 Å². The second-order valence-electron chi connectivity index (χ2n) is 6.25.